The van der Waals surface area contributed by atoms with Gasteiger partial charge in [-0.3, -0.25) is 4.79 Å². The molecule has 1 heterocycles. The zero-order valence-corrected chi connectivity index (χ0v) is 10.3. The first-order valence-electron chi connectivity index (χ1n) is 5.40. The molecule has 3 N–H and O–H groups in total. The minimum Gasteiger partial charge on any atom is -0.316 e. The third kappa shape index (κ3) is 2.85. The number of nitrogens with two attached hydrogens (primary N) is 1. The summed E-state index contributed by atoms with van der Waals surface area (Å²) in [4.78, 5) is 15.9. The average Bonchev–Trinajstić information content (AvgIpc) is 2.41. The highest BCUT2D eigenvalue weighted by Crippen LogP contribution is 2.19. The lowest BCUT2D eigenvalue weighted by Gasteiger charge is -2.12. The van der Waals surface area contributed by atoms with E-state index in [0.29, 0.717) is 10.8 Å². The third-order valence-corrected chi connectivity index (χ3v) is 2.75. The van der Waals surface area contributed by atoms with Gasteiger partial charge in [0.25, 0.3) is 0 Å². The molecule has 1 aromatic carbocycles. The number of carbonyl (C=O) groups excluding carboxylic acids is 1. The number of amides is 1. The van der Waals surface area contributed by atoms with Crippen molar-refractivity contribution in [3.63, 3.8) is 0 Å². The maximum absolute atomic E-state index is 11.9. The lowest BCUT2D eigenvalue weighted by Crippen LogP contribution is -2.28. The molecule has 0 aliphatic carbocycles. The van der Waals surface area contributed by atoms with E-state index >= 15 is 0 Å². The molecule has 0 aliphatic rings. The number of nitrogens with zero attached hydrogens (tertiary/aromatic N) is 1. The number of carbonyl (C=O) groups is 1. The molecule has 1 atom stereocenters. The smallest absolute Gasteiger partial charge is 0.247 e. The van der Waals surface area contributed by atoms with Gasteiger partial charge >= 0.3 is 0 Å². The summed E-state index contributed by atoms with van der Waals surface area (Å²) in [5.41, 5.74) is 6.59. The molecule has 1 aromatic heterocycles. The Kier molecular flexibility index (Phi) is 3.92. The summed E-state index contributed by atoms with van der Waals surface area (Å²) < 4.78 is 0. The molecule has 5 heteroatoms. The molecule has 2 aromatic rings. The molecular formula is C13H12ClN3O. The van der Waals surface area contributed by atoms with Gasteiger partial charge in [-0.2, -0.15) is 0 Å². The number of aromatic nitrogens is 1. The van der Waals surface area contributed by atoms with Crippen LogP contribution in [0.2, 0.25) is 5.02 Å². The molecule has 0 fully saturated rings. The molecule has 0 saturated heterocycles. The summed E-state index contributed by atoms with van der Waals surface area (Å²) in [5.74, 6) is -0.0302. The van der Waals surface area contributed by atoms with E-state index in [1.165, 1.54) is 0 Å². The Labute approximate surface area is 110 Å². The van der Waals surface area contributed by atoms with Crippen molar-refractivity contribution in [2.45, 2.75) is 6.04 Å². The van der Waals surface area contributed by atoms with E-state index in [-0.39, 0.29) is 5.91 Å². The average molecular weight is 262 g/mol. The SMILES string of the molecule is N[C@H](C(=O)Nc1ncccc1Cl)c1ccccc1. The summed E-state index contributed by atoms with van der Waals surface area (Å²) in [6.07, 6.45) is 1.55. The van der Waals surface area contributed by atoms with E-state index < -0.39 is 6.04 Å². The molecule has 0 bridgehead atoms. The number of pyridine rings is 1. The fraction of sp³-hybridized carbons (Fsp3) is 0.0769. The van der Waals surface area contributed by atoms with Gasteiger partial charge in [-0.05, 0) is 17.7 Å². The molecule has 4 nitrogen and oxygen atoms in total. The number of anilines is 1. The highest BCUT2D eigenvalue weighted by molar-refractivity contribution is 6.33. The minimum absolute atomic E-state index is 0.315. The monoisotopic (exact) mass is 261 g/mol. The van der Waals surface area contributed by atoms with Crippen LogP contribution >= 0.6 is 11.6 Å². The molecule has 0 unspecified atom stereocenters. The zero-order chi connectivity index (χ0) is 13.0. The van der Waals surface area contributed by atoms with Crippen LogP contribution in [0, 0.1) is 0 Å². The van der Waals surface area contributed by atoms with Crippen LogP contribution in [0.4, 0.5) is 5.82 Å². The topological polar surface area (TPSA) is 68.0 Å². The Morgan fingerprint density at radius 2 is 1.94 bits per heavy atom. The van der Waals surface area contributed by atoms with Crippen molar-refractivity contribution in [1.82, 2.24) is 4.98 Å². The quantitative estimate of drug-likeness (QED) is 0.891. The van der Waals surface area contributed by atoms with E-state index in [0.717, 1.165) is 5.56 Å². The molecule has 92 valence electrons. The van der Waals surface area contributed by atoms with Crippen molar-refractivity contribution in [3.8, 4) is 0 Å². The van der Waals surface area contributed by atoms with Crippen LogP contribution < -0.4 is 11.1 Å². The number of rotatable bonds is 3. The van der Waals surface area contributed by atoms with Crippen LogP contribution in [0.3, 0.4) is 0 Å². The summed E-state index contributed by atoms with van der Waals surface area (Å²) in [6.45, 7) is 0. The van der Waals surface area contributed by atoms with Crippen LogP contribution in [-0.4, -0.2) is 10.9 Å². The number of benzene rings is 1. The van der Waals surface area contributed by atoms with Crippen LogP contribution in [0.15, 0.2) is 48.7 Å². The fourth-order valence-electron chi connectivity index (χ4n) is 1.48. The molecule has 2 rings (SSSR count). The van der Waals surface area contributed by atoms with Crippen molar-refractivity contribution < 1.29 is 4.79 Å². The summed E-state index contributed by atoms with van der Waals surface area (Å²) in [5, 5.41) is 2.98. The van der Waals surface area contributed by atoms with Gasteiger partial charge in [-0.1, -0.05) is 41.9 Å². The number of nitrogens with one attached hydrogen (secondary N) is 1. The Hall–Kier alpha value is -1.91. The Bertz CT molecular complexity index is 545. The van der Waals surface area contributed by atoms with E-state index in [2.05, 4.69) is 10.3 Å². The zero-order valence-electron chi connectivity index (χ0n) is 9.51. The van der Waals surface area contributed by atoms with Crippen LogP contribution in [0.25, 0.3) is 0 Å². The Morgan fingerprint density at radius 1 is 1.22 bits per heavy atom. The Balaban J connectivity index is 2.12. The van der Waals surface area contributed by atoms with Crippen molar-refractivity contribution in [2.24, 2.45) is 5.73 Å². The van der Waals surface area contributed by atoms with Gasteiger partial charge in [0.2, 0.25) is 5.91 Å². The molecule has 0 radical (unpaired) electrons. The summed E-state index contributed by atoms with van der Waals surface area (Å²) in [6, 6.07) is 11.7. The maximum Gasteiger partial charge on any atom is 0.247 e. The van der Waals surface area contributed by atoms with Crippen LogP contribution in [-0.2, 0) is 4.79 Å². The second-order valence-electron chi connectivity index (χ2n) is 3.71. The second-order valence-corrected chi connectivity index (χ2v) is 4.12. The van der Waals surface area contributed by atoms with Crippen LogP contribution in [0.1, 0.15) is 11.6 Å². The lowest BCUT2D eigenvalue weighted by molar-refractivity contribution is -0.117. The fourth-order valence-corrected chi connectivity index (χ4v) is 1.65. The predicted octanol–water partition coefficient (Wildman–Crippen LogP) is 2.37. The largest absolute Gasteiger partial charge is 0.316 e. The molecule has 18 heavy (non-hydrogen) atoms. The first-order valence-corrected chi connectivity index (χ1v) is 5.78. The van der Waals surface area contributed by atoms with Gasteiger partial charge in [-0.25, -0.2) is 4.98 Å². The number of hydrogen-bond donors (Lipinski definition) is 2. The molecular weight excluding hydrogens is 250 g/mol. The first-order chi connectivity index (χ1) is 8.68. The predicted molar refractivity (Wildman–Crippen MR) is 71.2 cm³/mol. The van der Waals surface area contributed by atoms with E-state index in [1.807, 2.05) is 18.2 Å². The third-order valence-electron chi connectivity index (χ3n) is 2.44. The van der Waals surface area contributed by atoms with Gasteiger partial charge in [0.15, 0.2) is 5.82 Å². The lowest BCUT2D eigenvalue weighted by atomic mass is 10.1. The first kappa shape index (κ1) is 12.5. The normalized spacial score (nSPS) is 11.9. The van der Waals surface area contributed by atoms with Crippen molar-refractivity contribution in [2.75, 3.05) is 5.32 Å². The number of hydrogen-bond acceptors (Lipinski definition) is 3. The molecule has 0 spiro atoms. The highest BCUT2D eigenvalue weighted by atomic mass is 35.5. The van der Waals surface area contributed by atoms with Gasteiger partial charge in [-0.15, -0.1) is 0 Å². The van der Waals surface area contributed by atoms with Gasteiger partial charge in [0.05, 0.1) is 5.02 Å². The van der Waals surface area contributed by atoms with E-state index in [4.69, 9.17) is 17.3 Å². The molecule has 0 aliphatic heterocycles. The molecule has 1 amide bonds. The Morgan fingerprint density at radius 3 is 2.61 bits per heavy atom. The molecule has 0 saturated carbocycles. The minimum atomic E-state index is -0.746. The summed E-state index contributed by atoms with van der Waals surface area (Å²) >= 11 is 5.90. The van der Waals surface area contributed by atoms with Gasteiger partial charge in [0, 0.05) is 6.20 Å². The van der Waals surface area contributed by atoms with Gasteiger partial charge < -0.3 is 11.1 Å². The van der Waals surface area contributed by atoms with Crippen molar-refractivity contribution in [3.05, 3.63) is 59.2 Å². The second kappa shape index (κ2) is 5.62. The number of halogens is 1. The summed E-state index contributed by atoms with van der Waals surface area (Å²) in [7, 11) is 0. The maximum atomic E-state index is 11.9. The highest BCUT2D eigenvalue weighted by Gasteiger charge is 2.16. The van der Waals surface area contributed by atoms with Crippen molar-refractivity contribution in [1.29, 1.82) is 0 Å². The standard InChI is InChI=1S/C13H12ClN3O/c14-10-7-4-8-16-12(10)17-13(18)11(15)9-5-2-1-3-6-9/h1-8,11H,15H2,(H,16,17,18)/t11-/m0/s1. The van der Waals surface area contributed by atoms with Crippen LogP contribution in [0.5, 0.6) is 0 Å². The van der Waals surface area contributed by atoms with Crippen molar-refractivity contribution >= 4 is 23.3 Å². The van der Waals surface area contributed by atoms with Gasteiger partial charge in [0.1, 0.15) is 6.04 Å². The van der Waals surface area contributed by atoms with E-state index in [9.17, 15) is 4.79 Å². The van der Waals surface area contributed by atoms with E-state index in [1.54, 1.807) is 30.5 Å².